The molecule has 0 saturated carbocycles. The van der Waals surface area contributed by atoms with Gasteiger partial charge >= 0.3 is 12.1 Å². The molecule has 0 amide bonds. The quantitative estimate of drug-likeness (QED) is 0.378. The third-order valence-electron chi connectivity index (χ3n) is 5.33. The number of hydrogen-bond donors (Lipinski definition) is 0. The van der Waals surface area contributed by atoms with E-state index in [0.29, 0.717) is 6.54 Å². The van der Waals surface area contributed by atoms with Crippen LogP contribution >= 0.6 is 0 Å². The number of rotatable bonds is 7. The largest absolute Gasteiger partial charge is 0.469 e. The number of ether oxygens (including phenoxy) is 1. The third kappa shape index (κ3) is 5.96. The number of nitrogens with zero attached hydrogens (tertiary/aromatic N) is 2. The predicted molar refractivity (Wildman–Crippen MR) is 108 cm³/mol. The van der Waals surface area contributed by atoms with Crippen molar-refractivity contribution in [3.63, 3.8) is 0 Å². The number of carbonyl (C=O) groups is 1. The molecule has 8 nitrogen and oxygen atoms in total. The molecule has 0 radical (unpaired) electrons. The van der Waals surface area contributed by atoms with Crippen LogP contribution in [0.5, 0.6) is 0 Å². The highest BCUT2D eigenvalue weighted by molar-refractivity contribution is 5.73. The van der Waals surface area contributed by atoms with Crippen LogP contribution in [0.4, 0.5) is 10.1 Å². The van der Waals surface area contributed by atoms with E-state index in [2.05, 4.69) is 4.90 Å². The van der Waals surface area contributed by atoms with Gasteiger partial charge in [0.1, 0.15) is 5.82 Å². The summed E-state index contributed by atoms with van der Waals surface area (Å²) in [5.41, 5.74) is 3.08. The first-order chi connectivity index (χ1) is 14.8. The van der Waals surface area contributed by atoms with Gasteiger partial charge in [0.15, 0.2) is 0 Å². The first-order valence-electron chi connectivity index (χ1n) is 9.62. The van der Waals surface area contributed by atoms with Gasteiger partial charge in [-0.05, 0) is 29.2 Å². The molecule has 31 heavy (non-hydrogen) atoms. The van der Waals surface area contributed by atoms with Crippen molar-refractivity contribution in [1.29, 1.82) is 0 Å². The van der Waals surface area contributed by atoms with Crippen LogP contribution in [0.1, 0.15) is 29.5 Å². The minimum atomic E-state index is -0.879. The highest BCUT2D eigenvalue weighted by Gasteiger charge is 2.34. The Hall–Kier alpha value is -3.58. The van der Waals surface area contributed by atoms with Crippen LogP contribution in [-0.4, -0.2) is 37.2 Å². The Kier molecular flexibility index (Phi) is 8.40. The van der Waals surface area contributed by atoms with E-state index < -0.39 is 35.1 Å². The number of benzene rings is 2. The van der Waals surface area contributed by atoms with E-state index >= 15 is 0 Å². The van der Waals surface area contributed by atoms with Crippen molar-refractivity contribution in [3.8, 4) is 0 Å². The number of esters is 1. The normalized spacial score (nSPS) is 13.8. The van der Waals surface area contributed by atoms with E-state index in [1.54, 1.807) is 6.07 Å². The molecule has 1 heterocycles. The van der Waals surface area contributed by atoms with Crippen molar-refractivity contribution in [2.75, 3.05) is 25.1 Å². The first-order valence-corrected chi connectivity index (χ1v) is 9.62. The molecular weight excluding hydrogens is 407 g/mol. The minimum absolute atomic E-state index is 0.204. The van der Waals surface area contributed by atoms with E-state index in [0.717, 1.165) is 29.8 Å². The van der Waals surface area contributed by atoms with E-state index in [1.165, 1.54) is 20.1 Å². The Labute approximate surface area is 178 Å². The van der Waals surface area contributed by atoms with Crippen LogP contribution in [0.2, 0.25) is 0 Å². The SMILES string of the molecule is COC(=O)C(C)[C@@H](C[N+](=O)[O-])c1cc2c(cc1F)N(Cc1ccccc1)CC2.O=C=O. The molecule has 0 N–H and O–H groups in total. The molecule has 164 valence electrons. The standard InChI is InChI=1S/C21H23FN2O4.CO2/c1-14(21(25)28-2)18(13-24(26)27)17-10-16-8-9-23(20(16)11-19(17)22)12-15-6-4-3-5-7-15;2-1-3/h3-7,10-11,14,18H,8-9,12-13H2,1-2H3;/t14?,18-;/m1./s1. The maximum absolute atomic E-state index is 15.0. The molecule has 0 aliphatic carbocycles. The number of anilines is 1. The fourth-order valence-electron chi connectivity index (χ4n) is 3.79. The van der Waals surface area contributed by atoms with Crippen LogP contribution < -0.4 is 4.90 Å². The van der Waals surface area contributed by atoms with Gasteiger partial charge in [0.05, 0.1) is 18.9 Å². The van der Waals surface area contributed by atoms with Crippen LogP contribution in [0.25, 0.3) is 0 Å². The monoisotopic (exact) mass is 430 g/mol. The molecule has 2 aromatic carbocycles. The Morgan fingerprint density at radius 1 is 1.29 bits per heavy atom. The summed E-state index contributed by atoms with van der Waals surface area (Å²) in [7, 11) is 1.22. The van der Waals surface area contributed by atoms with Crippen molar-refractivity contribution < 1.29 is 28.4 Å². The van der Waals surface area contributed by atoms with Gasteiger partial charge in [-0.3, -0.25) is 14.9 Å². The van der Waals surface area contributed by atoms with Gasteiger partial charge in [0.25, 0.3) is 0 Å². The highest BCUT2D eigenvalue weighted by Crippen LogP contribution is 2.36. The first kappa shape index (κ1) is 23.7. The van der Waals surface area contributed by atoms with E-state index in [9.17, 15) is 19.3 Å². The Morgan fingerprint density at radius 2 is 1.94 bits per heavy atom. The second-order valence-electron chi connectivity index (χ2n) is 7.18. The summed E-state index contributed by atoms with van der Waals surface area (Å²) in [6.45, 7) is 2.43. The summed E-state index contributed by atoms with van der Waals surface area (Å²) in [6.07, 6.45) is 0.979. The molecule has 2 atom stereocenters. The second-order valence-corrected chi connectivity index (χ2v) is 7.18. The summed E-state index contributed by atoms with van der Waals surface area (Å²) in [5, 5.41) is 11.1. The lowest BCUT2D eigenvalue weighted by atomic mass is 9.85. The summed E-state index contributed by atoms with van der Waals surface area (Å²) < 4.78 is 19.7. The molecule has 0 aromatic heterocycles. The van der Waals surface area contributed by atoms with Gasteiger partial charge in [-0.2, -0.15) is 9.59 Å². The average Bonchev–Trinajstić information content (AvgIpc) is 3.13. The minimum Gasteiger partial charge on any atom is -0.469 e. The molecule has 3 rings (SSSR count). The van der Waals surface area contributed by atoms with Gasteiger partial charge in [-0.15, -0.1) is 0 Å². The molecular formula is C22H23FN2O6. The van der Waals surface area contributed by atoms with Gasteiger partial charge < -0.3 is 9.64 Å². The molecule has 0 saturated heterocycles. The second kappa shape index (κ2) is 11.0. The highest BCUT2D eigenvalue weighted by atomic mass is 19.1. The fraction of sp³-hybridized carbons (Fsp3) is 0.364. The van der Waals surface area contributed by atoms with Gasteiger partial charge in [0, 0.05) is 23.7 Å². The zero-order chi connectivity index (χ0) is 23.0. The number of carbonyl (C=O) groups excluding carboxylic acids is 3. The number of fused-ring (bicyclic) bond motifs is 1. The molecule has 1 aliphatic rings. The van der Waals surface area contributed by atoms with E-state index in [-0.39, 0.29) is 11.7 Å². The summed E-state index contributed by atoms with van der Waals surface area (Å²) in [4.78, 5) is 40.9. The van der Waals surface area contributed by atoms with Gasteiger partial charge in [0.2, 0.25) is 6.54 Å². The fourth-order valence-corrected chi connectivity index (χ4v) is 3.79. The van der Waals surface area contributed by atoms with E-state index in [4.69, 9.17) is 14.3 Å². The van der Waals surface area contributed by atoms with Crippen molar-refractivity contribution in [1.82, 2.24) is 0 Å². The third-order valence-corrected chi connectivity index (χ3v) is 5.33. The zero-order valence-corrected chi connectivity index (χ0v) is 17.2. The smallest absolute Gasteiger partial charge is 0.373 e. The van der Waals surface area contributed by atoms with Crippen molar-refractivity contribution in [2.45, 2.75) is 25.8 Å². The zero-order valence-electron chi connectivity index (χ0n) is 17.2. The van der Waals surface area contributed by atoms with E-state index in [1.807, 2.05) is 30.3 Å². The maximum atomic E-state index is 15.0. The molecule has 9 heteroatoms. The molecule has 1 unspecified atom stereocenters. The number of methoxy groups -OCH3 is 1. The molecule has 1 aliphatic heterocycles. The molecule has 0 spiro atoms. The Morgan fingerprint density at radius 3 is 2.52 bits per heavy atom. The average molecular weight is 430 g/mol. The molecule has 2 aromatic rings. The lowest BCUT2D eigenvalue weighted by molar-refractivity contribution is -0.484. The van der Waals surface area contributed by atoms with Crippen LogP contribution in [0, 0.1) is 21.8 Å². The number of nitro groups is 1. The number of halogens is 1. The van der Waals surface area contributed by atoms with Crippen LogP contribution in [0.15, 0.2) is 42.5 Å². The van der Waals surface area contributed by atoms with Crippen molar-refractivity contribution in [2.24, 2.45) is 5.92 Å². The van der Waals surface area contributed by atoms with Gasteiger partial charge in [-0.1, -0.05) is 43.3 Å². The topological polar surface area (TPSA) is 107 Å². The van der Waals surface area contributed by atoms with Crippen molar-refractivity contribution >= 4 is 17.8 Å². The lowest BCUT2D eigenvalue weighted by Crippen LogP contribution is -2.27. The summed E-state index contributed by atoms with van der Waals surface area (Å²) >= 11 is 0. The number of hydrogen-bond acceptors (Lipinski definition) is 7. The lowest BCUT2D eigenvalue weighted by Gasteiger charge is -2.23. The Bertz CT molecular complexity index is 960. The van der Waals surface area contributed by atoms with Crippen LogP contribution in [0.3, 0.4) is 0 Å². The predicted octanol–water partition coefficient (Wildman–Crippen LogP) is 2.97. The Balaban J connectivity index is 0.00000107. The van der Waals surface area contributed by atoms with Crippen molar-refractivity contribution in [3.05, 3.63) is 75.1 Å². The maximum Gasteiger partial charge on any atom is 0.373 e. The van der Waals surface area contributed by atoms with Gasteiger partial charge in [-0.25, -0.2) is 4.39 Å². The summed E-state index contributed by atoms with van der Waals surface area (Å²) in [6, 6.07) is 13.0. The molecule has 0 fully saturated rings. The summed E-state index contributed by atoms with van der Waals surface area (Å²) in [5.74, 6) is -2.81. The molecule has 0 bridgehead atoms. The van der Waals surface area contributed by atoms with Crippen LogP contribution in [-0.2, 0) is 32.1 Å².